The number of hydrogen-bond donors (Lipinski definition) is 1. The molecule has 1 N–H and O–H groups in total. The SMILES string of the molecule is CCOc1cc2c(cc1CNC(=O)c1ccccc1SC[C@H]1CCCO1)O[C@@H](C)C2. The van der Waals surface area contributed by atoms with Crippen molar-refractivity contribution in [3.05, 3.63) is 53.1 Å². The molecule has 2 aliphatic rings. The molecule has 0 unspecified atom stereocenters. The van der Waals surface area contributed by atoms with Crippen LogP contribution in [0.3, 0.4) is 0 Å². The molecule has 0 aromatic heterocycles. The first kappa shape index (κ1) is 21.1. The van der Waals surface area contributed by atoms with Crippen molar-refractivity contribution in [1.29, 1.82) is 0 Å². The summed E-state index contributed by atoms with van der Waals surface area (Å²) in [5.74, 6) is 2.50. The average molecular weight is 428 g/mol. The molecule has 160 valence electrons. The lowest BCUT2D eigenvalue weighted by molar-refractivity contribution is 0.0947. The van der Waals surface area contributed by atoms with Crippen LogP contribution in [0.5, 0.6) is 11.5 Å². The van der Waals surface area contributed by atoms with Gasteiger partial charge in [0.25, 0.3) is 5.91 Å². The molecule has 0 aliphatic carbocycles. The molecule has 1 fully saturated rings. The van der Waals surface area contributed by atoms with Gasteiger partial charge in [-0.2, -0.15) is 0 Å². The zero-order valence-corrected chi connectivity index (χ0v) is 18.4. The van der Waals surface area contributed by atoms with Gasteiger partial charge in [0.2, 0.25) is 0 Å². The van der Waals surface area contributed by atoms with E-state index in [1.165, 1.54) is 0 Å². The molecule has 0 radical (unpaired) electrons. The standard InChI is InChI=1S/C24H29NO4S/c1-3-27-21-12-17-11-16(2)29-22(17)13-18(21)14-25-24(26)20-8-4-5-9-23(20)30-15-19-7-6-10-28-19/h4-5,8-9,12-13,16,19H,3,6-7,10-11,14-15H2,1-2H3,(H,25,26)/t16-,19+/m0/s1. The van der Waals surface area contributed by atoms with Crippen LogP contribution in [0.4, 0.5) is 0 Å². The van der Waals surface area contributed by atoms with Crippen molar-refractivity contribution in [3.63, 3.8) is 0 Å². The van der Waals surface area contributed by atoms with Gasteiger partial charge in [0.15, 0.2) is 0 Å². The molecular formula is C24H29NO4S. The first-order chi connectivity index (χ1) is 14.6. The van der Waals surface area contributed by atoms with Crippen molar-refractivity contribution in [2.24, 2.45) is 0 Å². The summed E-state index contributed by atoms with van der Waals surface area (Å²) in [7, 11) is 0. The summed E-state index contributed by atoms with van der Waals surface area (Å²) in [5, 5.41) is 3.07. The molecule has 0 spiro atoms. The third-order valence-electron chi connectivity index (χ3n) is 5.40. The molecule has 5 nitrogen and oxygen atoms in total. The Morgan fingerprint density at radius 3 is 2.97 bits per heavy atom. The summed E-state index contributed by atoms with van der Waals surface area (Å²) in [4.78, 5) is 13.9. The minimum Gasteiger partial charge on any atom is -0.494 e. The predicted octanol–water partition coefficient (Wildman–Crippen LogP) is 4.61. The minimum absolute atomic E-state index is 0.0809. The van der Waals surface area contributed by atoms with Crippen molar-refractivity contribution < 1.29 is 19.0 Å². The average Bonchev–Trinajstić information content (AvgIpc) is 3.39. The smallest absolute Gasteiger partial charge is 0.252 e. The van der Waals surface area contributed by atoms with Crippen molar-refractivity contribution in [2.45, 2.75) is 56.8 Å². The fourth-order valence-corrected chi connectivity index (χ4v) is 5.04. The summed E-state index contributed by atoms with van der Waals surface area (Å²) < 4.78 is 17.4. The van der Waals surface area contributed by atoms with E-state index < -0.39 is 0 Å². The third-order valence-corrected chi connectivity index (χ3v) is 6.60. The summed E-state index contributed by atoms with van der Waals surface area (Å²) in [6.07, 6.45) is 3.57. The Balaban J connectivity index is 1.44. The van der Waals surface area contributed by atoms with Gasteiger partial charge in [-0.3, -0.25) is 4.79 Å². The van der Waals surface area contributed by atoms with Crippen LogP contribution in [-0.4, -0.2) is 37.1 Å². The van der Waals surface area contributed by atoms with E-state index in [2.05, 4.69) is 18.3 Å². The Kier molecular flexibility index (Phi) is 6.85. The van der Waals surface area contributed by atoms with Gasteiger partial charge in [0.05, 0.1) is 18.3 Å². The second-order valence-electron chi connectivity index (χ2n) is 7.76. The van der Waals surface area contributed by atoms with E-state index in [9.17, 15) is 4.79 Å². The van der Waals surface area contributed by atoms with Gasteiger partial charge in [-0.15, -0.1) is 11.8 Å². The molecular weight excluding hydrogens is 398 g/mol. The zero-order valence-electron chi connectivity index (χ0n) is 17.6. The first-order valence-corrected chi connectivity index (χ1v) is 11.7. The maximum Gasteiger partial charge on any atom is 0.252 e. The van der Waals surface area contributed by atoms with E-state index >= 15 is 0 Å². The fourth-order valence-electron chi connectivity index (χ4n) is 3.92. The Labute approximate surface area is 182 Å². The van der Waals surface area contributed by atoms with Gasteiger partial charge in [0, 0.05) is 41.3 Å². The van der Waals surface area contributed by atoms with Gasteiger partial charge in [-0.25, -0.2) is 0 Å². The maximum atomic E-state index is 13.0. The lowest BCUT2D eigenvalue weighted by Gasteiger charge is -2.15. The van der Waals surface area contributed by atoms with Crippen LogP contribution in [0, 0.1) is 0 Å². The summed E-state index contributed by atoms with van der Waals surface area (Å²) in [5.41, 5.74) is 2.80. The first-order valence-electron chi connectivity index (χ1n) is 10.7. The van der Waals surface area contributed by atoms with Gasteiger partial charge >= 0.3 is 0 Å². The van der Waals surface area contributed by atoms with Crippen LogP contribution in [-0.2, 0) is 17.7 Å². The van der Waals surface area contributed by atoms with Crippen molar-refractivity contribution in [3.8, 4) is 11.5 Å². The molecule has 30 heavy (non-hydrogen) atoms. The number of thioether (sulfide) groups is 1. The number of nitrogens with one attached hydrogen (secondary N) is 1. The van der Waals surface area contributed by atoms with Crippen LogP contribution in [0.15, 0.2) is 41.3 Å². The van der Waals surface area contributed by atoms with Crippen LogP contribution in [0.25, 0.3) is 0 Å². The number of fused-ring (bicyclic) bond motifs is 1. The molecule has 6 heteroatoms. The number of amides is 1. The molecule has 0 bridgehead atoms. The van der Waals surface area contributed by atoms with E-state index in [0.29, 0.717) is 18.7 Å². The molecule has 2 aromatic rings. The summed E-state index contributed by atoms with van der Waals surface area (Å²) >= 11 is 1.69. The number of benzene rings is 2. The third kappa shape index (κ3) is 4.93. The van der Waals surface area contributed by atoms with Crippen molar-refractivity contribution in [1.82, 2.24) is 5.32 Å². The monoisotopic (exact) mass is 427 g/mol. The van der Waals surface area contributed by atoms with E-state index in [1.54, 1.807) is 11.8 Å². The van der Waals surface area contributed by atoms with E-state index in [-0.39, 0.29) is 18.1 Å². The summed E-state index contributed by atoms with van der Waals surface area (Å²) in [6, 6.07) is 11.8. The maximum absolute atomic E-state index is 13.0. The molecule has 2 aliphatic heterocycles. The highest BCUT2D eigenvalue weighted by molar-refractivity contribution is 7.99. The Morgan fingerprint density at radius 1 is 1.30 bits per heavy atom. The van der Waals surface area contributed by atoms with Gasteiger partial charge in [-0.05, 0) is 51.0 Å². The van der Waals surface area contributed by atoms with E-state index in [0.717, 1.165) is 59.1 Å². The van der Waals surface area contributed by atoms with Crippen LogP contribution >= 0.6 is 11.8 Å². The molecule has 2 atom stereocenters. The molecule has 1 saturated heterocycles. The van der Waals surface area contributed by atoms with Crippen molar-refractivity contribution >= 4 is 17.7 Å². The Hall–Kier alpha value is -2.18. The predicted molar refractivity (Wildman–Crippen MR) is 119 cm³/mol. The van der Waals surface area contributed by atoms with Crippen LogP contribution < -0.4 is 14.8 Å². The second kappa shape index (κ2) is 9.75. The fraction of sp³-hybridized carbons (Fsp3) is 0.458. The highest BCUT2D eigenvalue weighted by Gasteiger charge is 2.22. The number of carbonyl (C=O) groups excluding carboxylic acids is 1. The second-order valence-corrected chi connectivity index (χ2v) is 8.82. The van der Waals surface area contributed by atoms with Crippen LogP contribution in [0.1, 0.15) is 48.2 Å². The largest absolute Gasteiger partial charge is 0.494 e. The Morgan fingerprint density at radius 2 is 2.17 bits per heavy atom. The topological polar surface area (TPSA) is 56.8 Å². The van der Waals surface area contributed by atoms with Gasteiger partial charge in [0.1, 0.15) is 17.6 Å². The molecule has 2 heterocycles. The quantitative estimate of drug-likeness (QED) is 0.624. The van der Waals surface area contributed by atoms with Gasteiger partial charge in [-0.1, -0.05) is 12.1 Å². The van der Waals surface area contributed by atoms with E-state index in [4.69, 9.17) is 14.2 Å². The Bertz CT molecular complexity index is 895. The lowest BCUT2D eigenvalue weighted by atomic mass is 10.1. The number of ether oxygens (including phenoxy) is 3. The van der Waals surface area contributed by atoms with Crippen LogP contribution in [0.2, 0.25) is 0 Å². The normalized spacial score (nSPS) is 19.9. The number of hydrogen-bond acceptors (Lipinski definition) is 5. The highest BCUT2D eigenvalue weighted by atomic mass is 32.2. The molecule has 0 saturated carbocycles. The number of rotatable bonds is 8. The van der Waals surface area contributed by atoms with Crippen molar-refractivity contribution in [2.75, 3.05) is 19.0 Å². The van der Waals surface area contributed by atoms with E-state index in [1.807, 2.05) is 37.3 Å². The minimum atomic E-state index is -0.0809. The molecule has 4 rings (SSSR count). The van der Waals surface area contributed by atoms with Gasteiger partial charge < -0.3 is 19.5 Å². The lowest BCUT2D eigenvalue weighted by Crippen LogP contribution is -2.24. The highest BCUT2D eigenvalue weighted by Crippen LogP contribution is 2.35. The number of carbonyl (C=O) groups is 1. The molecule has 1 amide bonds. The zero-order chi connectivity index (χ0) is 20.9. The summed E-state index contributed by atoms with van der Waals surface area (Å²) in [6.45, 7) is 5.85. The molecule has 2 aromatic carbocycles.